The number of carbonyl (C=O) groups excluding carboxylic acids is 1. The second-order valence-electron chi connectivity index (χ2n) is 4.56. The third-order valence-electron chi connectivity index (χ3n) is 2.57. The molecule has 2 N–H and O–H groups in total. The Bertz CT molecular complexity index is 489. The molecule has 0 atom stereocenters. The topological polar surface area (TPSA) is 93.5 Å². The first-order valence-corrected chi connectivity index (χ1v) is 6.28. The summed E-state index contributed by atoms with van der Waals surface area (Å²) in [6.45, 7) is 4.28. The highest BCUT2D eigenvalue weighted by Gasteiger charge is 2.17. The normalized spacial score (nSPS) is 10.4. The number of rotatable bonds is 7. The zero-order chi connectivity index (χ0) is 15.1. The molecule has 0 aliphatic rings. The number of hydrogen-bond donors (Lipinski definition) is 2. The fourth-order valence-corrected chi connectivity index (χ4v) is 1.48. The van der Waals surface area contributed by atoms with E-state index in [0.717, 1.165) is 5.56 Å². The monoisotopic (exact) mass is 281 g/mol. The highest BCUT2D eigenvalue weighted by atomic mass is 16.6. The van der Waals surface area contributed by atoms with Crippen LogP contribution in [-0.4, -0.2) is 30.5 Å². The molecule has 0 saturated carbocycles. The summed E-state index contributed by atoms with van der Waals surface area (Å²) in [6.07, 6.45) is 0. The zero-order valence-corrected chi connectivity index (χ0v) is 11.8. The lowest BCUT2D eigenvalue weighted by atomic mass is 10.2. The molecule has 0 bridgehead atoms. The van der Waals surface area contributed by atoms with Gasteiger partial charge in [0.15, 0.2) is 12.4 Å². The number of nitro benzene ring substituents is 1. The molecule has 0 radical (unpaired) electrons. The van der Waals surface area contributed by atoms with Crippen LogP contribution in [0.25, 0.3) is 0 Å². The van der Waals surface area contributed by atoms with E-state index in [9.17, 15) is 14.9 Å². The van der Waals surface area contributed by atoms with Crippen LogP contribution in [0.3, 0.4) is 0 Å². The quantitative estimate of drug-likeness (QED) is 0.579. The molecule has 0 spiro atoms. The van der Waals surface area contributed by atoms with Gasteiger partial charge in [0.05, 0.1) is 4.92 Å². The van der Waals surface area contributed by atoms with Crippen molar-refractivity contribution in [2.45, 2.75) is 26.4 Å². The lowest BCUT2D eigenvalue weighted by molar-refractivity contribution is -0.385. The van der Waals surface area contributed by atoms with E-state index < -0.39 is 4.92 Å². The Morgan fingerprint density at radius 3 is 2.70 bits per heavy atom. The van der Waals surface area contributed by atoms with Crippen LogP contribution >= 0.6 is 0 Å². The van der Waals surface area contributed by atoms with Gasteiger partial charge in [-0.05, 0) is 11.6 Å². The van der Waals surface area contributed by atoms with Crippen molar-refractivity contribution in [2.24, 2.45) is 0 Å². The largest absolute Gasteiger partial charge is 0.477 e. The van der Waals surface area contributed by atoms with Crippen molar-refractivity contribution in [3.63, 3.8) is 0 Å². The van der Waals surface area contributed by atoms with Gasteiger partial charge in [-0.25, -0.2) is 0 Å². The van der Waals surface area contributed by atoms with Gasteiger partial charge in [0.1, 0.15) is 0 Å². The lowest BCUT2D eigenvalue weighted by Gasteiger charge is -2.10. The van der Waals surface area contributed by atoms with E-state index in [1.165, 1.54) is 19.2 Å². The second-order valence-corrected chi connectivity index (χ2v) is 4.56. The summed E-state index contributed by atoms with van der Waals surface area (Å²) in [5.41, 5.74) is 0.648. The van der Waals surface area contributed by atoms with E-state index in [1.54, 1.807) is 6.07 Å². The summed E-state index contributed by atoms with van der Waals surface area (Å²) >= 11 is 0. The van der Waals surface area contributed by atoms with Gasteiger partial charge in [-0.3, -0.25) is 14.9 Å². The van der Waals surface area contributed by atoms with Crippen LogP contribution in [0.2, 0.25) is 0 Å². The van der Waals surface area contributed by atoms with E-state index in [4.69, 9.17) is 4.74 Å². The molecule has 0 aromatic heterocycles. The molecule has 1 aromatic rings. The number of nitrogens with zero attached hydrogens (tertiary/aromatic N) is 1. The van der Waals surface area contributed by atoms with Crippen molar-refractivity contribution in [3.8, 4) is 5.75 Å². The van der Waals surface area contributed by atoms with Crippen LogP contribution in [0.5, 0.6) is 5.75 Å². The third-order valence-corrected chi connectivity index (χ3v) is 2.57. The average molecular weight is 281 g/mol. The molecule has 1 aromatic carbocycles. The predicted octanol–water partition coefficient (Wildman–Crippen LogP) is 1.22. The number of nitro groups is 1. The van der Waals surface area contributed by atoms with Crippen molar-refractivity contribution < 1.29 is 14.5 Å². The first-order valence-electron chi connectivity index (χ1n) is 6.28. The average Bonchev–Trinajstić information content (AvgIpc) is 2.42. The van der Waals surface area contributed by atoms with Gasteiger partial charge >= 0.3 is 5.69 Å². The fraction of sp³-hybridized carbons (Fsp3) is 0.462. The van der Waals surface area contributed by atoms with Crippen molar-refractivity contribution >= 4 is 11.6 Å². The van der Waals surface area contributed by atoms with Gasteiger partial charge in [-0.1, -0.05) is 19.9 Å². The van der Waals surface area contributed by atoms with Gasteiger partial charge in [-0.2, -0.15) is 0 Å². The lowest BCUT2D eigenvalue weighted by Crippen LogP contribution is -2.25. The molecule has 1 rings (SSSR count). The SMILES string of the molecule is CNC(=O)COc1ccc(CNC(C)C)cc1[N+](=O)[O-]. The maximum Gasteiger partial charge on any atom is 0.311 e. The first-order chi connectivity index (χ1) is 9.43. The van der Waals surface area contributed by atoms with Gasteiger partial charge in [0, 0.05) is 25.7 Å². The summed E-state index contributed by atoms with van der Waals surface area (Å²) in [4.78, 5) is 21.6. The number of ether oxygens (including phenoxy) is 1. The van der Waals surface area contributed by atoms with Crippen molar-refractivity contribution in [3.05, 3.63) is 33.9 Å². The highest BCUT2D eigenvalue weighted by molar-refractivity contribution is 5.77. The molecule has 7 nitrogen and oxygen atoms in total. The fourth-order valence-electron chi connectivity index (χ4n) is 1.48. The van der Waals surface area contributed by atoms with E-state index in [0.29, 0.717) is 12.6 Å². The molecule has 0 aliphatic heterocycles. The highest BCUT2D eigenvalue weighted by Crippen LogP contribution is 2.27. The van der Waals surface area contributed by atoms with Gasteiger partial charge in [0.2, 0.25) is 0 Å². The minimum atomic E-state index is -0.516. The number of hydrogen-bond acceptors (Lipinski definition) is 5. The molecule has 1 amide bonds. The summed E-state index contributed by atoms with van der Waals surface area (Å²) in [7, 11) is 1.47. The molecule has 0 unspecified atom stereocenters. The Morgan fingerprint density at radius 2 is 2.15 bits per heavy atom. The molecule has 110 valence electrons. The van der Waals surface area contributed by atoms with Crippen molar-refractivity contribution in [1.29, 1.82) is 0 Å². The zero-order valence-electron chi connectivity index (χ0n) is 11.8. The van der Waals surface area contributed by atoms with Gasteiger partial charge in [-0.15, -0.1) is 0 Å². The van der Waals surface area contributed by atoms with Crippen molar-refractivity contribution in [2.75, 3.05) is 13.7 Å². The summed E-state index contributed by atoms with van der Waals surface area (Å²) in [5.74, 6) is -0.253. The Balaban J connectivity index is 2.84. The molecular weight excluding hydrogens is 262 g/mol. The molecule has 0 saturated heterocycles. The number of nitrogens with one attached hydrogen (secondary N) is 2. The predicted molar refractivity (Wildman–Crippen MR) is 74.6 cm³/mol. The smallest absolute Gasteiger partial charge is 0.311 e. The Hall–Kier alpha value is -2.15. The first kappa shape index (κ1) is 15.9. The molecule has 0 heterocycles. The number of carbonyl (C=O) groups is 1. The van der Waals surface area contributed by atoms with Crippen LogP contribution in [-0.2, 0) is 11.3 Å². The Kier molecular flexibility index (Phi) is 5.92. The van der Waals surface area contributed by atoms with Crippen LogP contribution in [0.1, 0.15) is 19.4 Å². The minimum absolute atomic E-state index is 0.0897. The molecule has 7 heteroatoms. The summed E-state index contributed by atoms with van der Waals surface area (Å²) in [6, 6.07) is 4.99. The van der Waals surface area contributed by atoms with Crippen LogP contribution < -0.4 is 15.4 Å². The number of likely N-dealkylation sites (N-methyl/N-ethyl adjacent to an activating group) is 1. The second kappa shape index (κ2) is 7.44. The molecule has 0 fully saturated rings. The van der Waals surface area contributed by atoms with E-state index in [1.807, 2.05) is 13.8 Å². The third kappa shape index (κ3) is 4.85. The Labute approximate surface area is 117 Å². The van der Waals surface area contributed by atoms with Gasteiger partial charge < -0.3 is 15.4 Å². The van der Waals surface area contributed by atoms with Crippen LogP contribution in [0.4, 0.5) is 5.69 Å². The van der Waals surface area contributed by atoms with Gasteiger partial charge in [0.25, 0.3) is 5.91 Å². The number of amides is 1. The summed E-state index contributed by atoms with van der Waals surface area (Å²) in [5, 5.41) is 16.6. The molecule has 0 aliphatic carbocycles. The Morgan fingerprint density at radius 1 is 1.45 bits per heavy atom. The summed E-state index contributed by atoms with van der Waals surface area (Å²) < 4.78 is 5.16. The maximum atomic E-state index is 11.1. The van der Waals surface area contributed by atoms with Crippen molar-refractivity contribution in [1.82, 2.24) is 10.6 Å². The minimum Gasteiger partial charge on any atom is -0.477 e. The van der Waals surface area contributed by atoms with E-state index in [2.05, 4.69) is 10.6 Å². The van der Waals surface area contributed by atoms with E-state index >= 15 is 0 Å². The van der Waals surface area contributed by atoms with Crippen LogP contribution in [0.15, 0.2) is 18.2 Å². The number of benzene rings is 1. The molecular formula is C13H19N3O4. The van der Waals surface area contributed by atoms with Crippen LogP contribution in [0, 0.1) is 10.1 Å². The standard InChI is InChI=1S/C13H19N3O4/c1-9(2)15-7-10-4-5-12(11(6-10)16(18)19)20-8-13(17)14-3/h4-6,9,15H,7-8H2,1-3H3,(H,14,17). The molecule has 20 heavy (non-hydrogen) atoms. The maximum absolute atomic E-state index is 11.1. The van der Waals surface area contributed by atoms with E-state index in [-0.39, 0.29) is 24.0 Å².